The van der Waals surface area contributed by atoms with Gasteiger partial charge in [0.15, 0.2) is 5.78 Å². The highest BCUT2D eigenvalue weighted by molar-refractivity contribution is 6.08. The highest BCUT2D eigenvalue weighted by Crippen LogP contribution is 2.55. The molecule has 0 bridgehead atoms. The number of benzene rings is 1. The summed E-state index contributed by atoms with van der Waals surface area (Å²) in [7, 11) is 0. The SMILES string of the molecule is CCN(CC)c1ccc(C2OC(=O)C(C)(C)C(=O)C23CCCCC3)cc1. The molecule has 1 heterocycles. The van der Waals surface area contributed by atoms with E-state index in [4.69, 9.17) is 4.74 Å². The molecule has 1 aliphatic carbocycles. The fraction of sp³-hybridized carbons (Fsp3) is 0.636. The first-order valence-corrected chi connectivity index (χ1v) is 9.97. The highest BCUT2D eigenvalue weighted by atomic mass is 16.5. The van der Waals surface area contributed by atoms with Crippen molar-refractivity contribution in [3.8, 4) is 0 Å². The Morgan fingerprint density at radius 3 is 2.12 bits per heavy atom. The smallest absolute Gasteiger partial charge is 0.319 e. The Morgan fingerprint density at radius 1 is 1.00 bits per heavy atom. The van der Waals surface area contributed by atoms with Gasteiger partial charge in [-0.3, -0.25) is 9.59 Å². The number of hydrogen-bond donors (Lipinski definition) is 0. The van der Waals surface area contributed by atoms with E-state index < -0.39 is 22.9 Å². The lowest BCUT2D eigenvalue weighted by atomic mass is 9.59. The molecular weight excluding hydrogens is 326 g/mol. The predicted octanol–water partition coefficient (Wildman–Crippen LogP) is 4.68. The highest BCUT2D eigenvalue weighted by Gasteiger charge is 2.60. The van der Waals surface area contributed by atoms with Crippen LogP contribution in [0.5, 0.6) is 0 Å². The molecular formula is C22H31NO3. The van der Waals surface area contributed by atoms with Gasteiger partial charge in [0, 0.05) is 18.8 Å². The van der Waals surface area contributed by atoms with Crippen LogP contribution in [0.2, 0.25) is 0 Å². The molecule has 0 aromatic heterocycles. The summed E-state index contributed by atoms with van der Waals surface area (Å²) >= 11 is 0. The number of rotatable bonds is 4. The Kier molecular flexibility index (Phi) is 5.14. The zero-order chi connectivity index (χ0) is 18.9. The summed E-state index contributed by atoms with van der Waals surface area (Å²) in [6.45, 7) is 9.60. The van der Waals surface area contributed by atoms with Gasteiger partial charge in [-0.15, -0.1) is 0 Å². The molecule has 1 aromatic rings. The molecule has 0 amide bonds. The van der Waals surface area contributed by atoms with Crippen molar-refractivity contribution in [3.05, 3.63) is 29.8 Å². The molecule has 2 aliphatic rings. The second kappa shape index (κ2) is 7.05. The van der Waals surface area contributed by atoms with Crippen LogP contribution in [0.1, 0.15) is 71.5 Å². The number of Topliss-reactive ketones (excluding diaryl/α,β-unsaturated/α-hetero) is 1. The van der Waals surface area contributed by atoms with Gasteiger partial charge in [0.2, 0.25) is 0 Å². The average Bonchev–Trinajstić information content (AvgIpc) is 2.66. The Morgan fingerprint density at radius 2 is 1.58 bits per heavy atom. The molecule has 1 aliphatic heterocycles. The van der Waals surface area contributed by atoms with Crippen LogP contribution in [-0.2, 0) is 14.3 Å². The summed E-state index contributed by atoms with van der Waals surface area (Å²) in [5.41, 5.74) is 0.492. The number of carbonyl (C=O) groups is 2. The number of hydrogen-bond acceptors (Lipinski definition) is 4. The van der Waals surface area contributed by atoms with Crippen LogP contribution in [0.4, 0.5) is 5.69 Å². The Bertz CT molecular complexity index is 667. The predicted molar refractivity (Wildman–Crippen MR) is 103 cm³/mol. The number of carbonyl (C=O) groups excluding carboxylic acids is 2. The Labute approximate surface area is 156 Å². The third-order valence-electron chi connectivity index (χ3n) is 6.33. The van der Waals surface area contributed by atoms with E-state index in [2.05, 4.69) is 30.9 Å². The first-order valence-electron chi connectivity index (χ1n) is 9.97. The van der Waals surface area contributed by atoms with E-state index in [1.807, 2.05) is 12.1 Å². The zero-order valence-corrected chi connectivity index (χ0v) is 16.5. The standard InChI is InChI=1S/C22H31NO3/c1-5-23(6-2)17-12-10-16(11-13-17)18-22(14-8-7-9-15-22)19(24)21(3,4)20(25)26-18/h10-13,18H,5-9,14-15H2,1-4H3. The van der Waals surface area contributed by atoms with Gasteiger partial charge in [0.1, 0.15) is 11.5 Å². The molecule has 0 radical (unpaired) electrons. The van der Waals surface area contributed by atoms with Crippen molar-refractivity contribution in [3.63, 3.8) is 0 Å². The van der Waals surface area contributed by atoms with Crippen molar-refractivity contribution < 1.29 is 14.3 Å². The lowest BCUT2D eigenvalue weighted by Gasteiger charge is -2.49. The minimum absolute atomic E-state index is 0.0683. The number of nitrogens with zero attached hydrogens (tertiary/aromatic N) is 1. The number of anilines is 1. The third-order valence-corrected chi connectivity index (χ3v) is 6.33. The molecule has 4 heteroatoms. The van der Waals surface area contributed by atoms with Crippen LogP contribution in [0, 0.1) is 10.8 Å². The van der Waals surface area contributed by atoms with Gasteiger partial charge in [-0.25, -0.2) is 0 Å². The van der Waals surface area contributed by atoms with Gasteiger partial charge in [0.05, 0.1) is 5.41 Å². The normalized spacial score (nSPS) is 24.4. The van der Waals surface area contributed by atoms with Crippen molar-refractivity contribution in [1.82, 2.24) is 0 Å². The molecule has 1 saturated heterocycles. The van der Waals surface area contributed by atoms with E-state index in [0.717, 1.165) is 56.4 Å². The van der Waals surface area contributed by atoms with E-state index in [1.165, 1.54) is 0 Å². The maximum atomic E-state index is 13.4. The second-order valence-corrected chi connectivity index (χ2v) is 8.22. The zero-order valence-electron chi connectivity index (χ0n) is 16.5. The van der Waals surface area contributed by atoms with Gasteiger partial charge in [0.25, 0.3) is 0 Å². The lowest BCUT2D eigenvalue weighted by Crippen LogP contribution is -2.55. The average molecular weight is 357 g/mol. The van der Waals surface area contributed by atoms with Crippen molar-refractivity contribution in [1.29, 1.82) is 0 Å². The summed E-state index contributed by atoms with van der Waals surface area (Å²) < 4.78 is 5.93. The van der Waals surface area contributed by atoms with E-state index in [0.29, 0.717) is 0 Å². The molecule has 26 heavy (non-hydrogen) atoms. The monoisotopic (exact) mass is 357 g/mol. The van der Waals surface area contributed by atoms with Crippen LogP contribution in [0.25, 0.3) is 0 Å². The van der Waals surface area contributed by atoms with Crippen LogP contribution < -0.4 is 4.90 Å². The van der Waals surface area contributed by atoms with E-state index in [1.54, 1.807) is 13.8 Å². The van der Waals surface area contributed by atoms with Gasteiger partial charge >= 0.3 is 5.97 Å². The first kappa shape index (κ1) is 18.9. The minimum atomic E-state index is -1.05. The van der Waals surface area contributed by atoms with Gasteiger partial charge in [-0.1, -0.05) is 31.4 Å². The summed E-state index contributed by atoms with van der Waals surface area (Å²) in [5.74, 6) is -0.324. The van der Waals surface area contributed by atoms with Crippen molar-refractivity contribution >= 4 is 17.4 Å². The number of ether oxygens (including phenoxy) is 1. The topological polar surface area (TPSA) is 46.6 Å². The van der Waals surface area contributed by atoms with E-state index in [9.17, 15) is 9.59 Å². The fourth-order valence-corrected chi connectivity index (χ4v) is 4.71. The molecule has 0 N–H and O–H groups in total. The Balaban J connectivity index is 1.98. The maximum Gasteiger partial charge on any atom is 0.319 e. The summed E-state index contributed by atoms with van der Waals surface area (Å²) in [5, 5.41) is 0. The van der Waals surface area contributed by atoms with Gasteiger partial charge in [-0.2, -0.15) is 0 Å². The number of ketones is 1. The van der Waals surface area contributed by atoms with Crippen molar-refractivity contribution in [2.75, 3.05) is 18.0 Å². The fourth-order valence-electron chi connectivity index (χ4n) is 4.71. The molecule has 1 spiro atoms. The minimum Gasteiger partial charge on any atom is -0.456 e. The molecule has 4 nitrogen and oxygen atoms in total. The number of esters is 1. The van der Waals surface area contributed by atoms with Crippen LogP contribution in [-0.4, -0.2) is 24.8 Å². The maximum absolute atomic E-state index is 13.4. The van der Waals surface area contributed by atoms with Crippen molar-refractivity contribution in [2.45, 2.75) is 65.9 Å². The van der Waals surface area contributed by atoms with Crippen LogP contribution >= 0.6 is 0 Å². The molecule has 1 unspecified atom stereocenters. The summed E-state index contributed by atoms with van der Waals surface area (Å²) in [6, 6.07) is 8.23. The molecule has 1 aromatic carbocycles. The molecule has 2 fully saturated rings. The largest absolute Gasteiger partial charge is 0.456 e. The van der Waals surface area contributed by atoms with E-state index in [-0.39, 0.29) is 5.78 Å². The molecule has 1 atom stereocenters. The Hall–Kier alpha value is -1.84. The molecule has 1 saturated carbocycles. The number of cyclic esters (lactones) is 1. The van der Waals surface area contributed by atoms with Gasteiger partial charge < -0.3 is 9.64 Å². The van der Waals surface area contributed by atoms with Crippen LogP contribution in [0.3, 0.4) is 0 Å². The molecule has 142 valence electrons. The van der Waals surface area contributed by atoms with Crippen LogP contribution in [0.15, 0.2) is 24.3 Å². The second-order valence-electron chi connectivity index (χ2n) is 8.22. The first-order chi connectivity index (χ1) is 12.4. The lowest BCUT2D eigenvalue weighted by molar-refractivity contribution is -0.192. The molecule has 3 rings (SSSR count). The summed E-state index contributed by atoms with van der Waals surface area (Å²) in [4.78, 5) is 28.2. The van der Waals surface area contributed by atoms with E-state index >= 15 is 0 Å². The summed E-state index contributed by atoms with van der Waals surface area (Å²) in [6.07, 6.45) is 4.36. The third kappa shape index (κ3) is 2.93. The quantitative estimate of drug-likeness (QED) is 0.580. The van der Waals surface area contributed by atoms with Gasteiger partial charge in [-0.05, 0) is 58.2 Å². The van der Waals surface area contributed by atoms with Crippen molar-refractivity contribution in [2.24, 2.45) is 10.8 Å².